The number of thiocarbonyl (C=S) groups is 1. The van der Waals surface area contributed by atoms with E-state index >= 15 is 0 Å². The van der Waals surface area contributed by atoms with Crippen LogP contribution in [0, 0.1) is 0 Å². The third-order valence-electron chi connectivity index (χ3n) is 3.34. The molecule has 0 amide bonds. The minimum Gasteiger partial charge on any atom is -0.493 e. The van der Waals surface area contributed by atoms with Gasteiger partial charge in [-0.1, -0.05) is 0 Å². The summed E-state index contributed by atoms with van der Waals surface area (Å²) in [4.78, 5) is 2.32. The van der Waals surface area contributed by atoms with E-state index < -0.39 is 0 Å². The van der Waals surface area contributed by atoms with Gasteiger partial charge in [-0.2, -0.15) is 5.10 Å². The Morgan fingerprint density at radius 2 is 2.22 bits per heavy atom. The standard InChI is InChI=1S/C15H22N4O3S/c1-20-14-10-12(11-17-18-15(16)23)2-3-13(14)22-9-6-19-4-7-21-8-5-19/h2-3,10-11H,4-9H2,1H3,(H3,16,18,23). The molecule has 1 saturated heterocycles. The second-order valence-corrected chi connectivity index (χ2v) is 5.39. The zero-order valence-corrected chi connectivity index (χ0v) is 14.0. The maximum Gasteiger partial charge on any atom is 0.184 e. The lowest BCUT2D eigenvalue weighted by atomic mass is 10.2. The number of hydrazone groups is 1. The molecule has 1 heterocycles. The van der Waals surface area contributed by atoms with E-state index in [4.69, 9.17) is 19.9 Å². The van der Waals surface area contributed by atoms with Gasteiger partial charge in [0.2, 0.25) is 0 Å². The molecule has 0 atom stereocenters. The molecule has 2 rings (SSSR count). The van der Waals surface area contributed by atoms with Gasteiger partial charge in [0.25, 0.3) is 0 Å². The van der Waals surface area contributed by atoms with Crippen LogP contribution in [0.1, 0.15) is 5.56 Å². The van der Waals surface area contributed by atoms with E-state index in [0.717, 1.165) is 38.4 Å². The fraction of sp³-hybridized carbons (Fsp3) is 0.467. The Balaban J connectivity index is 1.88. The summed E-state index contributed by atoms with van der Waals surface area (Å²) in [5.74, 6) is 1.37. The number of hydrogen-bond donors (Lipinski definition) is 2. The van der Waals surface area contributed by atoms with Crippen LogP contribution in [0.15, 0.2) is 23.3 Å². The van der Waals surface area contributed by atoms with E-state index in [-0.39, 0.29) is 5.11 Å². The summed E-state index contributed by atoms with van der Waals surface area (Å²) in [6.07, 6.45) is 1.61. The largest absolute Gasteiger partial charge is 0.493 e. The number of nitrogens with zero attached hydrogens (tertiary/aromatic N) is 2. The highest BCUT2D eigenvalue weighted by Crippen LogP contribution is 2.27. The molecule has 3 N–H and O–H groups in total. The molecule has 0 aromatic heterocycles. The van der Waals surface area contributed by atoms with Crippen molar-refractivity contribution in [2.24, 2.45) is 10.8 Å². The van der Waals surface area contributed by atoms with Crippen LogP contribution < -0.4 is 20.6 Å². The predicted molar refractivity (Wildman–Crippen MR) is 93.3 cm³/mol. The van der Waals surface area contributed by atoms with Crippen molar-refractivity contribution >= 4 is 23.5 Å². The van der Waals surface area contributed by atoms with Gasteiger partial charge in [-0.15, -0.1) is 0 Å². The fourth-order valence-electron chi connectivity index (χ4n) is 2.16. The number of rotatable bonds is 7. The predicted octanol–water partition coefficient (Wildman–Crippen LogP) is 0.573. The van der Waals surface area contributed by atoms with Gasteiger partial charge in [-0.05, 0) is 36.0 Å². The summed E-state index contributed by atoms with van der Waals surface area (Å²) in [5.41, 5.74) is 8.66. The van der Waals surface area contributed by atoms with Gasteiger partial charge < -0.3 is 19.9 Å². The number of benzene rings is 1. The molecule has 0 unspecified atom stereocenters. The highest BCUT2D eigenvalue weighted by molar-refractivity contribution is 7.80. The third kappa shape index (κ3) is 6.01. The van der Waals surface area contributed by atoms with Crippen LogP contribution in [0.25, 0.3) is 0 Å². The maximum absolute atomic E-state index is 5.82. The molecular formula is C15H22N4O3S. The smallest absolute Gasteiger partial charge is 0.184 e. The summed E-state index contributed by atoms with van der Waals surface area (Å²) >= 11 is 4.68. The molecule has 8 heteroatoms. The number of nitrogens with two attached hydrogens (primary N) is 1. The molecule has 0 saturated carbocycles. The average molecular weight is 338 g/mol. The molecule has 1 aliphatic rings. The number of nitrogens with one attached hydrogen (secondary N) is 1. The summed E-state index contributed by atoms with van der Waals surface area (Å²) in [6.45, 7) is 4.95. The first kappa shape index (κ1) is 17.5. The first-order valence-electron chi connectivity index (χ1n) is 7.38. The highest BCUT2D eigenvalue weighted by atomic mass is 32.1. The van der Waals surface area contributed by atoms with Crippen molar-refractivity contribution in [3.63, 3.8) is 0 Å². The van der Waals surface area contributed by atoms with Crippen molar-refractivity contribution in [3.8, 4) is 11.5 Å². The zero-order chi connectivity index (χ0) is 16.5. The van der Waals surface area contributed by atoms with Gasteiger partial charge in [-0.25, -0.2) is 0 Å². The van der Waals surface area contributed by atoms with Crippen LogP contribution in [-0.2, 0) is 4.74 Å². The molecule has 0 radical (unpaired) electrons. The Labute approximate surface area is 141 Å². The highest BCUT2D eigenvalue weighted by Gasteiger charge is 2.11. The molecule has 1 aromatic rings. The zero-order valence-electron chi connectivity index (χ0n) is 13.2. The van der Waals surface area contributed by atoms with E-state index in [2.05, 4.69) is 27.6 Å². The van der Waals surface area contributed by atoms with Gasteiger partial charge in [-0.3, -0.25) is 10.3 Å². The van der Waals surface area contributed by atoms with Crippen molar-refractivity contribution < 1.29 is 14.2 Å². The normalized spacial score (nSPS) is 15.5. The topological polar surface area (TPSA) is 81.3 Å². The van der Waals surface area contributed by atoms with Gasteiger partial charge in [0.15, 0.2) is 16.6 Å². The molecule has 7 nitrogen and oxygen atoms in total. The quantitative estimate of drug-likeness (QED) is 0.427. The van der Waals surface area contributed by atoms with Crippen molar-refractivity contribution in [1.82, 2.24) is 10.3 Å². The van der Waals surface area contributed by atoms with E-state index in [9.17, 15) is 0 Å². The van der Waals surface area contributed by atoms with E-state index in [0.29, 0.717) is 18.1 Å². The second-order valence-electron chi connectivity index (χ2n) is 4.95. The van der Waals surface area contributed by atoms with Crippen LogP contribution in [0.4, 0.5) is 0 Å². The van der Waals surface area contributed by atoms with Gasteiger partial charge in [0.05, 0.1) is 26.5 Å². The minimum atomic E-state index is 0.122. The maximum atomic E-state index is 5.82. The Morgan fingerprint density at radius 3 is 2.91 bits per heavy atom. The van der Waals surface area contributed by atoms with Crippen LogP contribution in [0.3, 0.4) is 0 Å². The van der Waals surface area contributed by atoms with Crippen LogP contribution in [-0.4, -0.2) is 62.8 Å². The molecule has 0 aliphatic carbocycles. The number of ether oxygens (including phenoxy) is 3. The lowest BCUT2D eigenvalue weighted by Gasteiger charge is -2.26. The fourth-order valence-corrected chi connectivity index (χ4v) is 2.22. The van der Waals surface area contributed by atoms with Gasteiger partial charge in [0.1, 0.15) is 6.61 Å². The van der Waals surface area contributed by atoms with E-state index in [1.165, 1.54) is 0 Å². The Bertz CT molecular complexity index is 548. The van der Waals surface area contributed by atoms with E-state index in [1.54, 1.807) is 13.3 Å². The van der Waals surface area contributed by atoms with Gasteiger partial charge in [0, 0.05) is 19.6 Å². The molecule has 1 aliphatic heterocycles. The molecular weight excluding hydrogens is 316 g/mol. The van der Waals surface area contributed by atoms with E-state index in [1.807, 2.05) is 18.2 Å². The van der Waals surface area contributed by atoms with Crippen LogP contribution in [0.2, 0.25) is 0 Å². The van der Waals surface area contributed by atoms with Crippen molar-refractivity contribution in [2.45, 2.75) is 0 Å². The first-order valence-corrected chi connectivity index (χ1v) is 7.79. The Kier molecular flexibility index (Phi) is 7.05. The number of methoxy groups -OCH3 is 1. The second kappa shape index (κ2) is 9.29. The molecule has 0 bridgehead atoms. The third-order valence-corrected chi connectivity index (χ3v) is 3.44. The minimum absolute atomic E-state index is 0.122. The summed E-state index contributed by atoms with van der Waals surface area (Å²) in [6, 6.07) is 5.59. The van der Waals surface area contributed by atoms with Gasteiger partial charge >= 0.3 is 0 Å². The SMILES string of the molecule is COc1cc(C=NNC(N)=S)ccc1OCCN1CCOCC1. The van der Waals surface area contributed by atoms with Crippen molar-refractivity contribution in [1.29, 1.82) is 0 Å². The summed E-state index contributed by atoms with van der Waals surface area (Å²) < 4.78 is 16.5. The lowest BCUT2D eigenvalue weighted by molar-refractivity contribution is 0.0321. The molecule has 1 aromatic carbocycles. The van der Waals surface area contributed by atoms with Crippen molar-refractivity contribution in [2.75, 3.05) is 46.6 Å². The summed E-state index contributed by atoms with van der Waals surface area (Å²) in [7, 11) is 1.61. The Hall–Kier alpha value is -1.90. The molecule has 0 spiro atoms. The first-order chi connectivity index (χ1) is 11.2. The molecule has 1 fully saturated rings. The lowest BCUT2D eigenvalue weighted by Crippen LogP contribution is -2.38. The average Bonchev–Trinajstić information content (AvgIpc) is 2.56. The Morgan fingerprint density at radius 1 is 1.43 bits per heavy atom. The summed E-state index contributed by atoms with van der Waals surface area (Å²) in [5, 5.41) is 4.03. The van der Waals surface area contributed by atoms with Crippen LogP contribution >= 0.6 is 12.2 Å². The van der Waals surface area contributed by atoms with Crippen molar-refractivity contribution in [3.05, 3.63) is 23.8 Å². The van der Waals surface area contributed by atoms with Crippen LogP contribution in [0.5, 0.6) is 11.5 Å². The molecule has 23 heavy (non-hydrogen) atoms. The molecule has 126 valence electrons. The number of hydrogen-bond acceptors (Lipinski definition) is 6. The number of morpholine rings is 1. The monoisotopic (exact) mass is 338 g/mol.